The molecule has 0 radical (unpaired) electrons. The van der Waals surface area contributed by atoms with E-state index in [0.717, 1.165) is 45.5 Å². The molecule has 3 spiro atoms. The summed E-state index contributed by atoms with van der Waals surface area (Å²) in [5, 5.41) is 0. The summed E-state index contributed by atoms with van der Waals surface area (Å²) >= 11 is 0. The van der Waals surface area contributed by atoms with Crippen LogP contribution in [0.25, 0.3) is 111 Å². The SMILES string of the molecule is CC1(C)c2ccccc2-c2ccc(N(c3ccc(-c4ccccc4)cc3)c3ccc4c(c3)C3(c5ccccc5-c5ccccc53)c3ccccc3-4)cc21.CC1(C)c2ccccc2-c2ccc(N(c3ccccc3)c3ccc4c(c3)C3(c5ccccc5-c5ccccc53)c3ccccc3-4)cc21.c1ccc(-c2ccc(N(c3ccccc3)c3ccc4c(c3)C3(c5ccccc5-c5ccccc53)c3ccccc3-4)cc2)cc1. The number of hydrogen-bond donors (Lipinski definition) is 0. The molecule has 144 heavy (non-hydrogen) atoms. The Balaban J connectivity index is 0.000000106. The fourth-order valence-corrected chi connectivity index (χ4v) is 26.7. The Hall–Kier alpha value is -17.8. The van der Waals surface area contributed by atoms with Crippen molar-refractivity contribution in [1.29, 1.82) is 0 Å². The van der Waals surface area contributed by atoms with Crippen molar-refractivity contribution in [3.05, 3.63) is 617 Å². The second kappa shape index (κ2) is 32.7. The quantitative estimate of drug-likeness (QED) is 0.128. The summed E-state index contributed by atoms with van der Waals surface area (Å²) < 4.78 is 0. The first-order valence-electron chi connectivity index (χ1n) is 50.6. The van der Waals surface area contributed by atoms with E-state index in [4.69, 9.17) is 0 Å². The maximum Gasteiger partial charge on any atom is 0.0726 e. The van der Waals surface area contributed by atoms with Gasteiger partial charge in [0.1, 0.15) is 0 Å². The van der Waals surface area contributed by atoms with Gasteiger partial charge in [0.25, 0.3) is 0 Å². The van der Waals surface area contributed by atoms with Gasteiger partial charge in [-0.1, -0.05) is 446 Å². The molecule has 0 amide bonds. The molecule has 3 heteroatoms. The highest BCUT2D eigenvalue weighted by molar-refractivity contribution is 6.02. The molecule has 0 N–H and O–H groups in total. The largest absolute Gasteiger partial charge is 0.310 e. The van der Waals surface area contributed by atoms with Crippen LogP contribution in [0.2, 0.25) is 0 Å². The highest BCUT2D eigenvalue weighted by Gasteiger charge is 2.56. The van der Waals surface area contributed by atoms with Gasteiger partial charge < -0.3 is 14.7 Å². The Kier molecular flexibility index (Phi) is 19.1. The van der Waals surface area contributed by atoms with E-state index in [1.165, 1.54) is 206 Å². The van der Waals surface area contributed by atoms with E-state index < -0.39 is 5.41 Å². The van der Waals surface area contributed by atoms with Crippen molar-refractivity contribution < 1.29 is 0 Å². The Morgan fingerprint density at radius 2 is 0.257 bits per heavy atom. The van der Waals surface area contributed by atoms with Crippen LogP contribution in [0.15, 0.2) is 528 Å². The van der Waals surface area contributed by atoms with E-state index in [0.29, 0.717) is 0 Å². The van der Waals surface area contributed by atoms with Crippen LogP contribution >= 0.6 is 0 Å². The molecule has 3 nitrogen and oxygen atoms in total. The average Bonchev–Trinajstić information content (AvgIpc) is 1.51. The minimum absolute atomic E-state index is 0.0782. The number of benzene rings is 22. The van der Waals surface area contributed by atoms with Crippen molar-refractivity contribution in [2.45, 2.75) is 54.8 Å². The maximum absolute atomic E-state index is 2.49. The predicted molar refractivity (Wildman–Crippen MR) is 598 cm³/mol. The van der Waals surface area contributed by atoms with E-state index >= 15 is 0 Å². The van der Waals surface area contributed by atoms with Crippen LogP contribution in [0.3, 0.4) is 0 Å². The van der Waals surface area contributed by atoms with Gasteiger partial charge in [0.2, 0.25) is 0 Å². The van der Waals surface area contributed by atoms with Crippen molar-refractivity contribution in [3.8, 4) is 111 Å². The molecule has 0 atom stereocenters. The van der Waals surface area contributed by atoms with Gasteiger partial charge in [-0.15, -0.1) is 0 Å². The minimum Gasteiger partial charge on any atom is -0.310 e. The average molecular weight is 1840 g/mol. The molecule has 22 aromatic carbocycles. The van der Waals surface area contributed by atoms with Gasteiger partial charge in [-0.2, -0.15) is 0 Å². The summed E-state index contributed by atoms with van der Waals surface area (Å²) in [6.45, 7) is 9.46. The topological polar surface area (TPSA) is 9.72 Å². The molecule has 0 aromatic heterocycles. The van der Waals surface area contributed by atoms with Crippen LogP contribution in [-0.2, 0) is 27.1 Å². The monoisotopic (exact) mass is 1830 g/mol. The lowest BCUT2D eigenvalue weighted by molar-refractivity contribution is 0.660. The number of nitrogens with zero attached hydrogens (tertiary/aromatic N) is 3. The van der Waals surface area contributed by atoms with Gasteiger partial charge in [0.05, 0.1) is 16.2 Å². The molecule has 0 bridgehead atoms. The minimum atomic E-state index is -0.403. The zero-order valence-electron chi connectivity index (χ0n) is 80.6. The standard InChI is InChI=1S/C52H37N.C46H33N.C43H29N/c1-51(2)45-20-10-6-16-39(45)43-30-28-37(32-49(43)51)53(36-26-24-35(25-27-36)34-14-4-3-5-15-34)38-29-31-44-42-19-9-13-23-48(42)52(50(44)33-38)46-21-11-7-17-40(46)41-18-8-12-22-47(41)52;1-45(2)39-20-10-6-16-33(39)37-26-24-31(28-43(37)45)47(30-14-4-3-5-15-30)32-25-27-38-36-19-9-13-23-42(36)46(44(38)29-32)40-21-11-7-17-34(40)35-18-8-12-22-41(35)46;1-3-13-30(14-4-1)31-23-25-33(26-24-31)44(32-15-5-2-6-16-32)34-27-28-38-37-19-9-12-22-41(37)43(42(38)29-34)39-20-10-7-17-35(39)36-18-8-11-21-40(36)43/h3-33H,1-2H3;3-29H,1-2H3;1-29H. The van der Waals surface area contributed by atoms with Crippen molar-refractivity contribution in [2.24, 2.45) is 0 Å². The zero-order valence-corrected chi connectivity index (χ0v) is 80.6. The lowest BCUT2D eigenvalue weighted by atomic mass is 9.70. The summed E-state index contributed by atoms with van der Waals surface area (Å²) in [5.74, 6) is 0. The molecule has 0 unspecified atom stereocenters. The van der Waals surface area contributed by atoms with Gasteiger partial charge >= 0.3 is 0 Å². The second-order valence-electron chi connectivity index (χ2n) is 40.7. The van der Waals surface area contributed by atoms with E-state index in [1.54, 1.807) is 0 Å². The lowest BCUT2D eigenvalue weighted by Crippen LogP contribution is -2.26. The van der Waals surface area contributed by atoms with Crippen molar-refractivity contribution in [3.63, 3.8) is 0 Å². The third-order valence-corrected chi connectivity index (χ3v) is 32.9. The first-order valence-corrected chi connectivity index (χ1v) is 50.6. The molecule has 30 rings (SSSR count). The molecule has 22 aromatic rings. The van der Waals surface area contributed by atoms with Crippen LogP contribution < -0.4 is 14.7 Å². The van der Waals surface area contributed by atoms with Gasteiger partial charge in [-0.05, 0) is 309 Å². The molecule has 8 aliphatic carbocycles. The lowest BCUT2D eigenvalue weighted by Gasteiger charge is -2.32. The van der Waals surface area contributed by atoms with Crippen LogP contribution in [-0.4, -0.2) is 0 Å². The van der Waals surface area contributed by atoms with Crippen LogP contribution in [0.1, 0.15) is 117 Å². The van der Waals surface area contributed by atoms with Crippen molar-refractivity contribution in [2.75, 3.05) is 14.7 Å². The molecule has 678 valence electrons. The molecular formula is C141H99N3. The summed E-state index contributed by atoms with van der Waals surface area (Å²) in [7, 11) is 0. The molecular weight excluding hydrogens is 1740 g/mol. The first kappa shape index (κ1) is 84.3. The van der Waals surface area contributed by atoms with Crippen molar-refractivity contribution >= 4 is 51.2 Å². The van der Waals surface area contributed by atoms with Gasteiger partial charge in [-0.25, -0.2) is 0 Å². The predicted octanol–water partition coefficient (Wildman–Crippen LogP) is 36.4. The third kappa shape index (κ3) is 12.3. The molecule has 0 heterocycles. The van der Waals surface area contributed by atoms with Gasteiger partial charge in [-0.3, -0.25) is 0 Å². The second-order valence-corrected chi connectivity index (χ2v) is 40.7. The normalized spacial score (nSPS) is 14.2. The fourth-order valence-electron chi connectivity index (χ4n) is 26.7. The van der Waals surface area contributed by atoms with Crippen molar-refractivity contribution in [1.82, 2.24) is 0 Å². The smallest absolute Gasteiger partial charge is 0.0726 e. The van der Waals surface area contributed by atoms with E-state index in [9.17, 15) is 0 Å². The van der Waals surface area contributed by atoms with E-state index in [2.05, 4.69) is 570 Å². The molecule has 0 saturated heterocycles. The Labute approximate surface area is 842 Å². The maximum atomic E-state index is 2.49. The van der Waals surface area contributed by atoms with E-state index in [-0.39, 0.29) is 21.7 Å². The summed E-state index contributed by atoms with van der Waals surface area (Å²) in [4.78, 5) is 7.30. The fraction of sp³-hybridized carbons (Fsp3) is 0.0638. The van der Waals surface area contributed by atoms with Gasteiger partial charge in [0, 0.05) is 62.0 Å². The van der Waals surface area contributed by atoms with Gasteiger partial charge in [0.15, 0.2) is 0 Å². The highest BCUT2D eigenvalue weighted by Crippen LogP contribution is 2.68. The highest BCUT2D eigenvalue weighted by atomic mass is 15.2. The third-order valence-electron chi connectivity index (χ3n) is 32.9. The molecule has 0 fully saturated rings. The summed E-state index contributed by atoms with van der Waals surface area (Å²) in [5.41, 5.74) is 56.9. The number of fused-ring (bicyclic) bond motifs is 36. The molecule has 0 aliphatic heterocycles. The van der Waals surface area contributed by atoms with Crippen LogP contribution in [0, 0.1) is 0 Å². The Morgan fingerprint density at radius 3 is 0.486 bits per heavy atom. The molecule has 0 saturated carbocycles. The number of hydrogen-bond acceptors (Lipinski definition) is 3. The molecule has 8 aliphatic rings. The van der Waals surface area contributed by atoms with E-state index in [1.807, 2.05) is 0 Å². The Bertz CT molecular complexity index is 8760. The summed E-state index contributed by atoms with van der Waals surface area (Å²) in [6.07, 6.45) is 0. The summed E-state index contributed by atoms with van der Waals surface area (Å²) in [6, 6.07) is 196. The number of para-hydroxylation sites is 2. The van der Waals surface area contributed by atoms with Crippen LogP contribution in [0.5, 0.6) is 0 Å². The number of rotatable bonds is 11. The van der Waals surface area contributed by atoms with Crippen LogP contribution in [0.4, 0.5) is 51.2 Å². The number of anilines is 9. The Morgan fingerprint density at radius 1 is 0.111 bits per heavy atom. The first-order chi connectivity index (χ1) is 71.0. The zero-order chi connectivity index (χ0) is 95.7.